The maximum Gasteiger partial charge on any atom is 0.328 e. The third-order valence-corrected chi connectivity index (χ3v) is 2.98. The Morgan fingerprint density at radius 1 is 1.38 bits per heavy atom. The van der Waals surface area contributed by atoms with Gasteiger partial charge in [0.05, 0.1) is 10.9 Å². The number of benzene rings is 1. The number of aromatic nitrogens is 2. The van der Waals surface area contributed by atoms with Crippen molar-refractivity contribution in [3.63, 3.8) is 0 Å². The molecule has 3 N–H and O–H groups in total. The van der Waals surface area contributed by atoms with Crippen LogP contribution in [-0.2, 0) is 6.54 Å². The highest BCUT2D eigenvalue weighted by Gasteiger charge is 2.08. The highest BCUT2D eigenvalue weighted by Crippen LogP contribution is 2.17. The summed E-state index contributed by atoms with van der Waals surface area (Å²) in [7, 11) is 0. The smallest absolute Gasteiger partial charge is 0.328 e. The number of H-pyrrole nitrogens is 1. The van der Waals surface area contributed by atoms with E-state index in [0.29, 0.717) is 15.4 Å². The van der Waals surface area contributed by atoms with Crippen molar-refractivity contribution in [2.75, 3.05) is 6.54 Å². The van der Waals surface area contributed by atoms with Crippen molar-refractivity contribution in [2.45, 2.75) is 6.54 Å². The summed E-state index contributed by atoms with van der Waals surface area (Å²) >= 11 is 3.29. The minimum absolute atomic E-state index is 0.219. The summed E-state index contributed by atoms with van der Waals surface area (Å²) in [4.78, 5) is 26.2. The summed E-state index contributed by atoms with van der Waals surface area (Å²) in [5.41, 5.74) is 5.12. The first kappa shape index (κ1) is 11.1. The minimum Gasteiger partial charge on any atom is -0.329 e. The first-order chi connectivity index (χ1) is 7.65. The summed E-state index contributed by atoms with van der Waals surface area (Å²) in [6, 6.07) is 5.19. The monoisotopic (exact) mass is 283 g/mol. The van der Waals surface area contributed by atoms with E-state index in [9.17, 15) is 9.59 Å². The Balaban J connectivity index is 2.90. The molecule has 0 amide bonds. The van der Waals surface area contributed by atoms with Gasteiger partial charge in [0.1, 0.15) is 0 Å². The van der Waals surface area contributed by atoms with Gasteiger partial charge in [0, 0.05) is 17.6 Å². The molecule has 1 heterocycles. The van der Waals surface area contributed by atoms with Crippen LogP contribution in [0.4, 0.5) is 0 Å². The first-order valence-corrected chi connectivity index (χ1v) is 5.56. The number of halogens is 1. The van der Waals surface area contributed by atoms with Gasteiger partial charge in [-0.15, -0.1) is 0 Å². The van der Waals surface area contributed by atoms with Crippen LogP contribution in [0, 0.1) is 0 Å². The number of aromatic amines is 1. The van der Waals surface area contributed by atoms with Gasteiger partial charge < -0.3 is 10.7 Å². The SMILES string of the molecule is NCCn1c(=O)[nH]c2c(Br)cccc2c1=O. The number of fused-ring (bicyclic) bond motifs is 1. The Morgan fingerprint density at radius 2 is 2.12 bits per heavy atom. The molecule has 0 bridgehead atoms. The number of rotatable bonds is 2. The molecule has 84 valence electrons. The molecule has 16 heavy (non-hydrogen) atoms. The predicted octanol–water partition coefficient (Wildman–Crippen LogP) is 0.411. The molecule has 0 spiro atoms. The van der Waals surface area contributed by atoms with Gasteiger partial charge in [0.2, 0.25) is 0 Å². The molecular weight excluding hydrogens is 274 g/mol. The predicted molar refractivity (Wildman–Crippen MR) is 65.6 cm³/mol. The van der Waals surface area contributed by atoms with E-state index in [1.165, 1.54) is 0 Å². The van der Waals surface area contributed by atoms with Gasteiger partial charge in [0.15, 0.2) is 0 Å². The number of nitrogens with one attached hydrogen (secondary N) is 1. The Morgan fingerprint density at radius 3 is 2.81 bits per heavy atom. The Kier molecular flexibility index (Phi) is 2.93. The summed E-state index contributed by atoms with van der Waals surface area (Å²) in [5.74, 6) is 0. The summed E-state index contributed by atoms with van der Waals surface area (Å²) in [6.45, 7) is 0.471. The lowest BCUT2D eigenvalue weighted by Gasteiger charge is -2.05. The van der Waals surface area contributed by atoms with Gasteiger partial charge in [0.25, 0.3) is 5.56 Å². The summed E-state index contributed by atoms with van der Waals surface area (Å²) in [5, 5.41) is 0.474. The zero-order valence-corrected chi connectivity index (χ0v) is 9.95. The highest BCUT2D eigenvalue weighted by molar-refractivity contribution is 9.10. The van der Waals surface area contributed by atoms with Crippen molar-refractivity contribution >= 4 is 26.8 Å². The van der Waals surface area contributed by atoms with Gasteiger partial charge in [-0.1, -0.05) is 6.07 Å². The van der Waals surface area contributed by atoms with Gasteiger partial charge >= 0.3 is 5.69 Å². The van der Waals surface area contributed by atoms with Gasteiger partial charge in [-0.2, -0.15) is 0 Å². The van der Waals surface area contributed by atoms with E-state index in [2.05, 4.69) is 20.9 Å². The fourth-order valence-electron chi connectivity index (χ4n) is 1.57. The summed E-state index contributed by atoms with van der Waals surface area (Å²) < 4.78 is 1.80. The number of para-hydroxylation sites is 1. The molecule has 0 aliphatic heterocycles. The number of hydrogen-bond acceptors (Lipinski definition) is 3. The quantitative estimate of drug-likeness (QED) is 0.838. The van der Waals surface area contributed by atoms with E-state index in [4.69, 9.17) is 5.73 Å². The van der Waals surface area contributed by atoms with Crippen molar-refractivity contribution in [2.24, 2.45) is 5.73 Å². The van der Waals surface area contributed by atoms with Crippen LogP contribution in [0.15, 0.2) is 32.3 Å². The molecule has 2 rings (SSSR count). The van der Waals surface area contributed by atoms with Gasteiger partial charge in [-0.25, -0.2) is 4.79 Å². The van der Waals surface area contributed by atoms with Crippen LogP contribution in [0.25, 0.3) is 10.9 Å². The fraction of sp³-hybridized carbons (Fsp3) is 0.200. The van der Waals surface area contributed by atoms with Crippen molar-refractivity contribution in [1.29, 1.82) is 0 Å². The first-order valence-electron chi connectivity index (χ1n) is 4.76. The van der Waals surface area contributed by atoms with Crippen molar-refractivity contribution in [3.8, 4) is 0 Å². The van der Waals surface area contributed by atoms with Crippen molar-refractivity contribution < 1.29 is 0 Å². The molecule has 0 saturated heterocycles. The molecule has 5 nitrogen and oxygen atoms in total. The summed E-state index contributed by atoms with van der Waals surface area (Å²) in [6.07, 6.45) is 0. The lowest BCUT2D eigenvalue weighted by atomic mass is 10.2. The molecule has 0 saturated carbocycles. The third kappa shape index (κ3) is 1.70. The Labute approximate surface area is 99.0 Å². The molecule has 0 atom stereocenters. The average molecular weight is 284 g/mol. The lowest BCUT2D eigenvalue weighted by Crippen LogP contribution is -2.37. The highest BCUT2D eigenvalue weighted by atomic mass is 79.9. The molecule has 0 aliphatic rings. The van der Waals surface area contributed by atoms with Crippen LogP contribution >= 0.6 is 15.9 Å². The second-order valence-corrected chi connectivity index (χ2v) is 4.19. The Hall–Kier alpha value is -1.40. The lowest BCUT2D eigenvalue weighted by molar-refractivity contribution is 0.646. The maximum absolute atomic E-state index is 12.0. The minimum atomic E-state index is -0.435. The van der Waals surface area contributed by atoms with Crippen molar-refractivity contribution in [1.82, 2.24) is 9.55 Å². The van der Waals surface area contributed by atoms with Crippen LogP contribution in [0.2, 0.25) is 0 Å². The molecule has 1 aromatic carbocycles. The van der Waals surface area contributed by atoms with Crippen LogP contribution in [0.5, 0.6) is 0 Å². The van der Waals surface area contributed by atoms with E-state index in [1.807, 2.05) is 0 Å². The topological polar surface area (TPSA) is 80.9 Å². The maximum atomic E-state index is 12.0. The van der Waals surface area contributed by atoms with Crippen LogP contribution < -0.4 is 17.0 Å². The van der Waals surface area contributed by atoms with E-state index < -0.39 is 5.69 Å². The Bertz CT molecular complexity index is 645. The molecule has 6 heteroatoms. The molecule has 1 aromatic heterocycles. The molecule has 0 unspecified atom stereocenters. The largest absolute Gasteiger partial charge is 0.329 e. The zero-order chi connectivity index (χ0) is 11.7. The normalized spacial score (nSPS) is 10.9. The second-order valence-electron chi connectivity index (χ2n) is 3.34. The van der Waals surface area contributed by atoms with Crippen LogP contribution in [-0.4, -0.2) is 16.1 Å². The zero-order valence-electron chi connectivity index (χ0n) is 8.37. The number of nitrogens with zero attached hydrogens (tertiary/aromatic N) is 1. The van der Waals surface area contributed by atoms with E-state index in [0.717, 1.165) is 4.57 Å². The second kappa shape index (κ2) is 4.23. The number of hydrogen-bond donors (Lipinski definition) is 2. The molecular formula is C10H10BrN3O2. The fourth-order valence-corrected chi connectivity index (χ4v) is 2.04. The van der Waals surface area contributed by atoms with E-state index in [-0.39, 0.29) is 18.6 Å². The molecule has 0 radical (unpaired) electrons. The van der Waals surface area contributed by atoms with Gasteiger partial charge in [-0.3, -0.25) is 9.36 Å². The van der Waals surface area contributed by atoms with Crippen molar-refractivity contribution in [3.05, 3.63) is 43.5 Å². The van der Waals surface area contributed by atoms with E-state index >= 15 is 0 Å². The standard InChI is InChI=1S/C10H10BrN3O2/c11-7-3-1-2-6-8(7)13-10(16)14(5-4-12)9(6)15/h1-3H,4-5,12H2,(H,13,16). The average Bonchev–Trinajstić information content (AvgIpc) is 2.26. The third-order valence-electron chi connectivity index (χ3n) is 2.32. The molecule has 2 aromatic rings. The van der Waals surface area contributed by atoms with Gasteiger partial charge in [-0.05, 0) is 28.1 Å². The van der Waals surface area contributed by atoms with Crippen LogP contribution in [0.3, 0.4) is 0 Å². The van der Waals surface area contributed by atoms with E-state index in [1.54, 1.807) is 18.2 Å². The number of nitrogens with two attached hydrogens (primary N) is 1. The molecule has 0 fully saturated rings. The van der Waals surface area contributed by atoms with Crippen LogP contribution in [0.1, 0.15) is 0 Å². The molecule has 0 aliphatic carbocycles.